The molecule has 1 atom stereocenters. The number of nitrogens with zero attached hydrogens (tertiary/aromatic N) is 2. The first-order chi connectivity index (χ1) is 15.4. The number of imidazole rings is 1. The summed E-state index contributed by atoms with van der Waals surface area (Å²) in [5.74, 6) is 0.168. The van der Waals surface area contributed by atoms with Crippen molar-refractivity contribution < 1.29 is 9.59 Å². The second-order valence-corrected chi connectivity index (χ2v) is 8.04. The topological polar surface area (TPSA) is 76.0 Å². The minimum absolute atomic E-state index is 0.0335. The van der Waals surface area contributed by atoms with Gasteiger partial charge in [-0.2, -0.15) is 0 Å². The molecule has 0 spiro atoms. The molecule has 3 aromatic carbocycles. The van der Waals surface area contributed by atoms with Gasteiger partial charge in [0, 0.05) is 5.56 Å². The third-order valence-electron chi connectivity index (χ3n) is 5.15. The second-order valence-electron chi connectivity index (χ2n) is 7.64. The summed E-state index contributed by atoms with van der Waals surface area (Å²) in [7, 11) is 0. The van der Waals surface area contributed by atoms with Crippen LogP contribution in [-0.4, -0.2) is 21.4 Å². The number of amides is 2. The molecule has 1 heterocycles. The van der Waals surface area contributed by atoms with Gasteiger partial charge in [0.1, 0.15) is 12.4 Å². The van der Waals surface area contributed by atoms with E-state index < -0.39 is 6.04 Å². The molecule has 0 fully saturated rings. The van der Waals surface area contributed by atoms with Crippen LogP contribution < -0.4 is 10.6 Å². The van der Waals surface area contributed by atoms with Crippen LogP contribution in [0.3, 0.4) is 0 Å². The van der Waals surface area contributed by atoms with Crippen molar-refractivity contribution in [3.05, 3.63) is 94.8 Å². The number of halogens is 1. The Bertz CT molecular complexity index is 1300. The lowest BCUT2D eigenvalue weighted by Gasteiger charge is -2.17. The molecular weight excluding hydrogens is 424 g/mol. The molecule has 6 nitrogen and oxygen atoms in total. The van der Waals surface area contributed by atoms with Gasteiger partial charge in [-0.3, -0.25) is 9.59 Å². The summed E-state index contributed by atoms with van der Waals surface area (Å²) in [6, 6.07) is 21.6. The Hall–Kier alpha value is -3.64. The van der Waals surface area contributed by atoms with Gasteiger partial charge in [0.15, 0.2) is 0 Å². The fraction of sp³-hybridized carbons (Fsp3) is 0.160. The molecule has 1 unspecified atom stereocenters. The van der Waals surface area contributed by atoms with Crippen LogP contribution in [0.2, 0.25) is 5.02 Å². The van der Waals surface area contributed by atoms with Crippen molar-refractivity contribution in [2.75, 3.05) is 5.32 Å². The van der Waals surface area contributed by atoms with Gasteiger partial charge in [0.25, 0.3) is 5.91 Å². The molecule has 2 amide bonds. The normalized spacial score (nSPS) is 11.8. The van der Waals surface area contributed by atoms with E-state index in [0.717, 1.165) is 16.6 Å². The van der Waals surface area contributed by atoms with Crippen molar-refractivity contribution in [1.29, 1.82) is 0 Å². The molecule has 0 saturated heterocycles. The SMILES string of the molecule is Cc1cccc(C(=O)NC(C)c2nc3ccccc3n2CC(=O)Nc2ccccc2Cl)c1. The molecule has 0 aliphatic carbocycles. The van der Waals surface area contributed by atoms with E-state index in [1.165, 1.54) is 0 Å². The summed E-state index contributed by atoms with van der Waals surface area (Å²) >= 11 is 6.17. The zero-order valence-electron chi connectivity index (χ0n) is 17.8. The predicted molar refractivity (Wildman–Crippen MR) is 127 cm³/mol. The molecule has 4 aromatic rings. The number of nitrogens with one attached hydrogen (secondary N) is 2. The lowest BCUT2D eigenvalue weighted by Crippen LogP contribution is -2.30. The van der Waals surface area contributed by atoms with Crippen LogP contribution in [0.1, 0.15) is 34.7 Å². The van der Waals surface area contributed by atoms with E-state index in [-0.39, 0.29) is 18.4 Å². The van der Waals surface area contributed by atoms with Crippen molar-refractivity contribution in [2.24, 2.45) is 0 Å². The molecule has 2 N–H and O–H groups in total. The van der Waals surface area contributed by atoms with Gasteiger partial charge >= 0.3 is 0 Å². The van der Waals surface area contributed by atoms with Crippen LogP contribution in [0, 0.1) is 6.92 Å². The van der Waals surface area contributed by atoms with E-state index in [2.05, 4.69) is 10.6 Å². The Morgan fingerprint density at radius 1 is 1.03 bits per heavy atom. The molecule has 1 aromatic heterocycles. The van der Waals surface area contributed by atoms with Crippen LogP contribution in [0.4, 0.5) is 5.69 Å². The van der Waals surface area contributed by atoms with Gasteiger partial charge in [-0.25, -0.2) is 4.98 Å². The van der Waals surface area contributed by atoms with Crippen LogP contribution >= 0.6 is 11.6 Å². The van der Waals surface area contributed by atoms with Crippen LogP contribution in [-0.2, 0) is 11.3 Å². The Morgan fingerprint density at radius 3 is 2.56 bits per heavy atom. The van der Waals surface area contributed by atoms with Crippen molar-refractivity contribution in [3.8, 4) is 0 Å². The number of para-hydroxylation sites is 3. The van der Waals surface area contributed by atoms with Crippen LogP contribution in [0.5, 0.6) is 0 Å². The fourth-order valence-corrected chi connectivity index (χ4v) is 3.80. The highest BCUT2D eigenvalue weighted by Crippen LogP contribution is 2.23. The Labute approximate surface area is 191 Å². The quantitative estimate of drug-likeness (QED) is 0.431. The monoisotopic (exact) mass is 446 g/mol. The number of benzene rings is 3. The average molecular weight is 447 g/mol. The third kappa shape index (κ3) is 4.65. The van der Waals surface area contributed by atoms with Gasteiger partial charge in [-0.1, -0.05) is 53.6 Å². The van der Waals surface area contributed by atoms with Crippen molar-refractivity contribution in [2.45, 2.75) is 26.4 Å². The first-order valence-corrected chi connectivity index (χ1v) is 10.7. The Morgan fingerprint density at radius 2 is 1.78 bits per heavy atom. The number of fused-ring (bicyclic) bond motifs is 1. The molecule has 162 valence electrons. The molecule has 0 aliphatic heterocycles. The van der Waals surface area contributed by atoms with E-state index in [0.29, 0.717) is 22.1 Å². The number of aromatic nitrogens is 2. The zero-order chi connectivity index (χ0) is 22.7. The van der Waals surface area contributed by atoms with E-state index in [9.17, 15) is 9.59 Å². The zero-order valence-corrected chi connectivity index (χ0v) is 18.6. The van der Waals surface area contributed by atoms with E-state index in [1.807, 2.05) is 66.9 Å². The molecule has 0 radical (unpaired) electrons. The van der Waals surface area contributed by atoms with Crippen LogP contribution in [0.25, 0.3) is 11.0 Å². The molecule has 4 rings (SSSR count). The maximum atomic E-state index is 12.8. The molecular formula is C25H23ClN4O2. The molecule has 7 heteroatoms. The van der Waals surface area contributed by atoms with Gasteiger partial charge in [-0.15, -0.1) is 0 Å². The van der Waals surface area contributed by atoms with E-state index in [4.69, 9.17) is 16.6 Å². The maximum Gasteiger partial charge on any atom is 0.251 e. The number of hydrogen-bond acceptors (Lipinski definition) is 3. The average Bonchev–Trinajstić information content (AvgIpc) is 3.14. The summed E-state index contributed by atoms with van der Waals surface area (Å²) in [5, 5.41) is 6.31. The highest BCUT2D eigenvalue weighted by molar-refractivity contribution is 6.33. The summed E-state index contributed by atoms with van der Waals surface area (Å²) < 4.78 is 1.82. The number of aryl methyl sites for hydroxylation is 1. The van der Waals surface area contributed by atoms with Gasteiger partial charge in [0.05, 0.1) is 27.8 Å². The smallest absolute Gasteiger partial charge is 0.251 e. The van der Waals surface area contributed by atoms with Crippen molar-refractivity contribution >= 4 is 40.1 Å². The lowest BCUT2D eigenvalue weighted by molar-refractivity contribution is -0.116. The number of rotatable bonds is 6. The van der Waals surface area contributed by atoms with E-state index >= 15 is 0 Å². The van der Waals surface area contributed by atoms with Gasteiger partial charge in [-0.05, 0) is 50.2 Å². The minimum atomic E-state index is -0.413. The number of hydrogen-bond donors (Lipinski definition) is 2. The third-order valence-corrected chi connectivity index (χ3v) is 5.48. The highest BCUT2D eigenvalue weighted by atomic mass is 35.5. The second kappa shape index (κ2) is 9.24. The first-order valence-electron chi connectivity index (χ1n) is 10.3. The Balaban J connectivity index is 1.60. The summed E-state index contributed by atoms with van der Waals surface area (Å²) in [6.45, 7) is 3.83. The molecule has 0 bridgehead atoms. The van der Waals surface area contributed by atoms with Gasteiger partial charge < -0.3 is 15.2 Å². The number of carbonyl (C=O) groups excluding carboxylic acids is 2. The molecule has 0 saturated carbocycles. The van der Waals surface area contributed by atoms with Crippen molar-refractivity contribution in [1.82, 2.24) is 14.9 Å². The standard InChI is InChI=1S/C25H23ClN4O2/c1-16-8-7-9-18(14-16)25(32)27-17(2)24-29-21-12-5-6-13-22(21)30(24)15-23(31)28-20-11-4-3-10-19(20)26/h3-14,17H,15H2,1-2H3,(H,27,32)(H,28,31). The number of carbonyl (C=O) groups is 2. The molecule has 0 aliphatic rings. The van der Waals surface area contributed by atoms with Gasteiger partial charge in [0.2, 0.25) is 5.91 Å². The highest BCUT2D eigenvalue weighted by Gasteiger charge is 2.21. The minimum Gasteiger partial charge on any atom is -0.342 e. The largest absolute Gasteiger partial charge is 0.342 e. The summed E-state index contributed by atoms with van der Waals surface area (Å²) in [6.07, 6.45) is 0. The fourth-order valence-electron chi connectivity index (χ4n) is 3.62. The number of anilines is 1. The predicted octanol–water partition coefficient (Wildman–Crippen LogP) is 5.13. The summed E-state index contributed by atoms with van der Waals surface area (Å²) in [5.41, 5.74) is 3.70. The van der Waals surface area contributed by atoms with Crippen molar-refractivity contribution in [3.63, 3.8) is 0 Å². The Kier molecular flexibility index (Phi) is 6.23. The lowest BCUT2D eigenvalue weighted by atomic mass is 10.1. The summed E-state index contributed by atoms with van der Waals surface area (Å²) in [4.78, 5) is 30.3. The maximum absolute atomic E-state index is 12.8. The van der Waals surface area contributed by atoms with Crippen LogP contribution in [0.15, 0.2) is 72.8 Å². The first kappa shape index (κ1) is 21.6. The molecule has 32 heavy (non-hydrogen) atoms. The van der Waals surface area contributed by atoms with E-state index in [1.54, 1.807) is 24.3 Å².